The third-order valence-electron chi connectivity index (χ3n) is 3.64. The molecule has 0 aliphatic rings. The summed E-state index contributed by atoms with van der Waals surface area (Å²) in [5, 5.41) is 6.09. The van der Waals surface area contributed by atoms with Crippen molar-refractivity contribution in [3.05, 3.63) is 78.4 Å². The molecule has 1 amide bonds. The van der Waals surface area contributed by atoms with Crippen LogP contribution in [-0.4, -0.2) is 22.5 Å². The molecule has 6 heteroatoms. The summed E-state index contributed by atoms with van der Waals surface area (Å²) < 4.78 is 5.54. The SMILES string of the molecule is CCOc1ccccc1NC(=O)c1cncc(NCc2ccccn2)c1. The first-order valence-electron chi connectivity index (χ1n) is 8.38. The molecule has 6 nitrogen and oxygen atoms in total. The predicted molar refractivity (Wildman–Crippen MR) is 101 cm³/mol. The highest BCUT2D eigenvalue weighted by atomic mass is 16.5. The van der Waals surface area contributed by atoms with E-state index >= 15 is 0 Å². The number of aromatic nitrogens is 2. The summed E-state index contributed by atoms with van der Waals surface area (Å²) in [7, 11) is 0. The van der Waals surface area contributed by atoms with E-state index < -0.39 is 0 Å². The van der Waals surface area contributed by atoms with Gasteiger partial charge in [-0.25, -0.2) is 0 Å². The Labute approximate surface area is 152 Å². The summed E-state index contributed by atoms with van der Waals surface area (Å²) in [4.78, 5) is 21.0. The third-order valence-corrected chi connectivity index (χ3v) is 3.64. The van der Waals surface area contributed by atoms with Crippen LogP contribution in [0.15, 0.2) is 67.1 Å². The van der Waals surface area contributed by atoms with Crippen molar-refractivity contribution in [1.29, 1.82) is 0 Å². The van der Waals surface area contributed by atoms with Crippen LogP contribution in [0.25, 0.3) is 0 Å². The number of carbonyl (C=O) groups is 1. The van der Waals surface area contributed by atoms with Crippen LogP contribution in [0, 0.1) is 0 Å². The first kappa shape index (κ1) is 17.4. The fourth-order valence-electron chi connectivity index (χ4n) is 2.40. The number of benzene rings is 1. The smallest absolute Gasteiger partial charge is 0.257 e. The number of rotatable bonds is 7. The van der Waals surface area contributed by atoms with Crippen LogP contribution in [0.5, 0.6) is 5.75 Å². The maximum Gasteiger partial charge on any atom is 0.257 e. The highest BCUT2D eigenvalue weighted by molar-refractivity contribution is 6.05. The predicted octanol–water partition coefficient (Wildman–Crippen LogP) is 3.74. The van der Waals surface area contributed by atoms with Gasteiger partial charge in [0.15, 0.2) is 0 Å². The fourth-order valence-corrected chi connectivity index (χ4v) is 2.40. The molecular weight excluding hydrogens is 328 g/mol. The van der Waals surface area contributed by atoms with Crippen molar-refractivity contribution in [2.75, 3.05) is 17.2 Å². The Morgan fingerprint density at radius 2 is 1.96 bits per heavy atom. The van der Waals surface area contributed by atoms with Gasteiger partial charge in [0.25, 0.3) is 5.91 Å². The second-order valence-corrected chi connectivity index (χ2v) is 5.52. The Morgan fingerprint density at radius 1 is 1.12 bits per heavy atom. The van der Waals surface area contributed by atoms with Crippen LogP contribution in [0.1, 0.15) is 23.0 Å². The van der Waals surface area contributed by atoms with Crippen LogP contribution in [-0.2, 0) is 6.54 Å². The van der Waals surface area contributed by atoms with Crippen LogP contribution >= 0.6 is 0 Å². The number of hydrogen-bond donors (Lipinski definition) is 2. The molecule has 3 rings (SSSR count). The van der Waals surface area contributed by atoms with Gasteiger partial charge in [-0.05, 0) is 37.3 Å². The van der Waals surface area contributed by atoms with Gasteiger partial charge in [0.1, 0.15) is 5.75 Å². The number of amides is 1. The molecule has 2 N–H and O–H groups in total. The van der Waals surface area contributed by atoms with Gasteiger partial charge in [-0.2, -0.15) is 0 Å². The monoisotopic (exact) mass is 348 g/mol. The lowest BCUT2D eigenvalue weighted by Crippen LogP contribution is -2.14. The van der Waals surface area contributed by atoms with E-state index in [9.17, 15) is 4.79 Å². The van der Waals surface area contributed by atoms with Crippen LogP contribution in [0.4, 0.5) is 11.4 Å². The first-order chi connectivity index (χ1) is 12.8. The Bertz CT molecular complexity index is 868. The maximum absolute atomic E-state index is 12.6. The molecule has 1 aromatic carbocycles. The molecule has 0 saturated carbocycles. The molecule has 26 heavy (non-hydrogen) atoms. The minimum absolute atomic E-state index is 0.244. The second kappa shape index (κ2) is 8.62. The van der Waals surface area contributed by atoms with E-state index in [4.69, 9.17) is 4.74 Å². The zero-order valence-electron chi connectivity index (χ0n) is 14.5. The molecule has 0 unspecified atom stereocenters. The summed E-state index contributed by atoms with van der Waals surface area (Å²) >= 11 is 0. The van der Waals surface area contributed by atoms with Crippen molar-refractivity contribution in [3.8, 4) is 5.75 Å². The van der Waals surface area contributed by atoms with Crippen LogP contribution in [0.2, 0.25) is 0 Å². The molecule has 0 saturated heterocycles. The maximum atomic E-state index is 12.6. The number of hydrogen-bond acceptors (Lipinski definition) is 5. The summed E-state index contributed by atoms with van der Waals surface area (Å²) in [6, 6.07) is 14.8. The van der Waals surface area contributed by atoms with Gasteiger partial charge in [0, 0.05) is 18.6 Å². The van der Waals surface area contributed by atoms with Crippen molar-refractivity contribution < 1.29 is 9.53 Å². The Kier molecular flexibility index (Phi) is 5.77. The van der Waals surface area contributed by atoms with Gasteiger partial charge in [-0.15, -0.1) is 0 Å². The van der Waals surface area contributed by atoms with Gasteiger partial charge in [-0.1, -0.05) is 18.2 Å². The molecule has 0 atom stereocenters. The fraction of sp³-hybridized carbons (Fsp3) is 0.150. The van der Waals surface area contributed by atoms with E-state index in [0.717, 1.165) is 11.4 Å². The third kappa shape index (κ3) is 4.57. The van der Waals surface area contributed by atoms with Crippen molar-refractivity contribution in [3.63, 3.8) is 0 Å². The van der Waals surface area contributed by atoms with Crippen molar-refractivity contribution >= 4 is 17.3 Å². The normalized spacial score (nSPS) is 10.2. The van der Waals surface area contributed by atoms with E-state index in [1.165, 1.54) is 6.20 Å². The molecule has 2 aromatic heterocycles. The van der Waals surface area contributed by atoms with Gasteiger partial charge in [0.05, 0.1) is 35.8 Å². The summed E-state index contributed by atoms with van der Waals surface area (Å²) in [5.41, 5.74) is 2.75. The van der Waals surface area contributed by atoms with Gasteiger partial charge in [-0.3, -0.25) is 14.8 Å². The minimum Gasteiger partial charge on any atom is -0.492 e. The quantitative estimate of drug-likeness (QED) is 0.680. The lowest BCUT2D eigenvalue weighted by molar-refractivity contribution is 0.102. The largest absolute Gasteiger partial charge is 0.492 e. The molecule has 0 aliphatic carbocycles. The molecule has 3 aromatic rings. The number of nitrogens with one attached hydrogen (secondary N) is 2. The van der Waals surface area contributed by atoms with Crippen LogP contribution in [0.3, 0.4) is 0 Å². The first-order valence-corrected chi connectivity index (χ1v) is 8.38. The Morgan fingerprint density at radius 3 is 2.77 bits per heavy atom. The average Bonchev–Trinajstić information content (AvgIpc) is 2.69. The number of anilines is 2. The number of pyridine rings is 2. The van der Waals surface area contributed by atoms with Crippen LogP contribution < -0.4 is 15.4 Å². The van der Waals surface area contributed by atoms with E-state index in [1.54, 1.807) is 24.5 Å². The van der Waals surface area contributed by atoms with E-state index in [2.05, 4.69) is 20.6 Å². The van der Waals surface area contributed by atoms with Crippen molar-refractivity contribution in [1.82, 2.24) is 9.97 Å². The van der Waals surface area contributed by atoms with Crippen molar-refractivity contribution in [2.45, 2.75) is 13.5 Å². The highest BCUT2D eigenvalue weighted by Gasteiger charge is 2.10. The molecule has 0 aliphatic heterocycles. The molecule has 0 radical (unpaired) electrons. The summed E-state index contributed by atoms with van der Waals surface area (Å²) in [5.74, 6) is 0.395. The van der Waals surface area contributed by atoms with E-state index in [-0.39, 0.29) is 5.91 Å². The molecule has 132 valence electrons. The standard InChI is InChI=1S/C20H20N4O2/c1-2-26-19-9-4-3-8-18(19)24-20(25)15-11-17(13-21-12-15)23-14-16-7-5-6-10-22-16/h3-13,23H,2,14H2,1H3,(H,24,25). The second-order valence-electron chi connectivity index (χ2n) is 5.52. The zero-order valence-corrected chi connectivity index (χ0v) is 14.5. The molecule has 0 fully saturated rings. The Balaban J connectivity index is 1.68. The summed E-state index contributed by atoms with van der Waals surface area (Å²) in [6.45, 7) is 2.99. The minimum atomic E-state index is -0.244. The molecular formula is C20H20N4O2. The van der Waals surface area contributed by atoms with E-state index in [0.29, 0.717) is 30.2 Å². The topological polar surface area (TPSA) is 76.1 Å². The Hall–Kier alpha value is -3.41. The van der Waals surface area contributed by atoms with Crippen molar-refractivity contribution in [2.24, 2.45) is 0 Å². The number of ether oxygens (including phenoxy) is 1. The zero-order chi connectivity index (χ0) is 18.2. The molecule has 0 spiro atoms. The average molecular weight is 348 g/mol. The summed E-state index contributed by atoms with van der Waals surface area (Å²) in [6.07, 6.45) is 4.95. The van der Waals surface area contributed by atoms with E-state index in [1.807, 2.05) is 43.3 Å². The number of nitrogens with zero attached hydrogens (tertiary/aromatic N) is 2. The molecule has 2 heterocycles. The lowest BCUT2D eigenvalue weighted by Gasteiger charge is -2.12. The van der Waals surface area contributed by atoms with Gasteiger partial charge >= 0.3 is 0 Å². The van der Waals surface area contributed by atoms with Gasteiger partial charge in [0.2, 0.25) is 0 Å². The number of carbonyl (C=O) groups excluding carboxylic acids is 1. The molecule has 0 bridgehead atoms. The number of para-hydroxylation sites is 2. The van der Waals surface area contributed by atoms with Gasteiger partial charge < -0.3 is 15.4 Å². The lowest BCUT2D eigenvalue weighted by atomic mass is 10.2. The highest BCUT2D eigenvalue weighted by Crippen LogP contribution is 2.24.